The summed E-state index contributed by atoms with van der Waals surface area (Å²) < 4.78 is 48.9. The SMILES string of the molecule is C=CCCC(=O)N[C@@H](c1ccccc1)[C@@H](O[Si](C)(C)C(C)(C)C)C(=O)O[C@H]1C[C@@]2(O)[C@@H](OC(=O)CCC=C)[C@@H]3[C@]4(OC(C)=O)CO[C@@H]4C[C@H](O[Si](CC)(CC)CC)[C@@]3(C)C(=O)[C@H](O[Si](CC)(CC)CC)C(=C1C)C2(C)C. The third-order valence-electron chi connectivity index (χ3n) is 19.1. The number of nitrogens with one attached hydrogen (secondary N) is 1. The first kappa shape index (κ1) is 63.3. The molecule has 11 atom stereocenters. The van der Waals surface area contributed by atoms with E-state index < -0.39 is 113 Å². The number of allylic oxidation sites excluding steroid dienone is 2. The maximum Gasteiger partial charge on any atom is 0.337 e. The van der Waals surface area contributed by atoms with Gasteiger partial charge >= 0.3 is 17.9 Å². The Morgan fingerprint density at radius 2 is 1.42 bits per heavy atom. The van der Waals surface area contributed by atoms with E-state index in [0.29, 0.717) is 41.3 Å². The van der Waals surface area contributed by atoms with Crippen molar-refractivity contribution >= 4 is 54.6 Å². The molecule has 2 saturated carbocycles. The number of hydrogen-bond donors (Lipinski definition) is 2. The zero-order chi connectivity index (χ0) is 57.0. The van der Waals surface area contributed by atoms with Crippen molar-refractivity contribution in [3.05, 3.63) is 72.4 Å². The van der Waals surface area contributed by atoms with Crippen molar-refractivity contribution in [2.75, 3.05) is 6.61 Å². The number of fused-ring (bicyclic) bond motifs is 5. The van der Waals surface area contributed by atoms with Gasteiger partial charge in [-0.15, -0.1) is 13.2 Å². The lowest BCUT2D eigenvalue weighted by Crippen LogP contribution is -2.82. The van der Waals surface area contributed by atoms with Crippen molar-refractivity contribution in [3.8, 4) is 0 Å². The van der Waals surface area contributed by atoms with Crippen LogP contribution < -0.4 is 5.32 Å². The second kappa shape index (κ2) is 24.4. The Labute approximate surface area is 458 Å². The van der Waals surface area contributed by atoms with E-state index in [-0.39, 0.29) is 55.4 Å². The van der Waals surface area contributed by atoms with E-state index in [4.69, 9.17) is 32.2 Å². The molecule has 0 unspecified atom stereocenters. The molecule has 1 saturated heterocycles. The third-order valence-corrected chi connectivity index (χ3v) is 32.8. The van der Waals surface area contributed by atoms with Crippen LogP contribution in [0.25, 0.3) is 0 Å². The summed E-state index contributed by atoms with van der Waals surface area (Å²) in [5, 5.41) is 17.3. The van der Waals surface area contributed by atoms with Crippen LogP contribution in [0.5, 0.6) is 0 Å². The van der Waals surface area contributed by atoms with Crippen LogP contribution >= 0.6 is 0 Å². The van der Waals surface area contributed by atoms with Crippen LogP contribution in [0.15, 0.2) is 66.8 Å². The normalized spacial score (nSPS) is 29.2. The van der Waals surface area contributed by atoms with Crippen LogP contribution in [-0.2, 0) is 56.2 Å². The molecule has 1 heterocycles. The number of esters is 3. The molecule has 5 rings (SSSR count). The number of ether oxygens (including phenoxy) is 4. The molecule has 14 nitrogen and oxygen atoms in total. The van der Waals surface area contributed by atoms with Gasteiger partial charge in [0.1, 0.15) is 30.0 Å². The van der Waals surface area contributed by atoms with Gasteiger partial charge < -0.3 is 42.6 Å². The first-order valence-electron chi connectivity index (χ1n) is 28.3. The molecule has 0 aromatic heterocycles. The van der Waals surface area contributed by atoms with Crippen molar-refractivity contribution in [2.24, 2.45) is 16.7 Å². The fourth-order valence-corrected chi connectivity index (χ4v) is 19.5. The fraction of sp³-hybridized carbons (Fsp3) is 0.712. The summed E-state index contributed by atoms with van der Waals surface area (Å²) in [6.07, 6.45) is -3.31. The molecule has 3 fully saturated rings. The smallest absolute Gasteiger partial charge is 0.337 e. The molecule has 2 bridgehead atoms. The minimum Gasteiger partial charge on any atom is -0.459 e. The van der Waals surface area contributed by atoms with Gasteiger partial charge in [-0.25, -0.2) is 4.79 Å². The van der Waals surface area contributed by atoms with E-state index >= 15 is 9.59 Å². The largest absolute Gasteiger partial charge is 0.459 e. The van der Waals surface area contributed by atoms with Crippen LogP contribution in [-0.4, -0.2) is 114 Å². The van der Waals surface area contributed by atoms with Crippen LogP contribution in [0.3, 0.4) is 0 Å². The highest BCUT2D eigenvalue weighted by Crippen LogP contribution is 2.65. The number of carbonyl (C=O) groups excluding carboxylic acids is 5. The number of benzene rings is 1. The van der Waals surface area contributed by atoms with Gasteiger partial charge in [0.2, 0.25) is 5.91 Å². The van der Waals surface area contributed by atoms with Crippen LogP contribution in [0.1, 0.15) is 147 Å². The van der Waals surface area contributed by atoms with Gasteiger partial charge in [0.05, 0.1) is 30.1 Å². The molecule has 4 aliphatic rings. The third kappa shape index (κ3) is 11.8. The average Bonchev–Trinajstić information content (AvgIpc) is 3.37. The van der Waals surface area contributed by atoms with Gasteiger partial charge in [-0.05, 0) is 97.8 Å². The van der Waals surface area contributed by atoms with Gasteiger partial charge in [0.15, 0.2) is 42.4 Å². The van der Waals surface area contributed by atoms with Gasteiger partial charge in [0, 0.05) is 38.0 Å². The summed E-state index contributed by atoms with van der Waals surface area (Å²) >= 11 is 0. The Morgan fingerprint density at radius 3 is 1.92 bits per heavy atom. The number of rotatable bonds is 25. The number of amides is 1. The van der Waals surface area contributed by atoms with Crippen LogP contribution in [0.2, 0.25) is 54.4 Å². The van der Waals surface area contributed by atoms with E-state index in [1.165, 1.54) is 6.92 Å². The van der Waals surface area contributed by atoms with Gasteiger partial charge in [-0.2, -0.15) is 0 Å². The van der Waals surface area contributed by atoms with Crippen LogP contribution in [0, 0.1) is 16.7 Å². The minimum atomic E-state index is -2.87. The van der Waals surface area contributed by atoms with Gasteiger partial charge in [0.25, 0.3) is 0 Å². The second-order valence-corrected chi connectivity index (χ2v) is 38.6. The first-order valence-corrected chi connectivity index (χ1v) is 36.2. The Bertz CT molecular complexity index is 2290. The molecule has 0 spiro atoms. The van der Waals surface area contributed by atoms with Crippen LogP contribution in [0.4, 0.5) is 0 Å². The quantitative estimate of drug-likeness (QED) is 0.0409. The monoisotopic (exact) mass is 1110 g/mol. The molecule has 17 heteroatoms. The molecule has 1 aliphatic heterocycles. The summed E-state index contributed by atoms with van der Waals surface area (Å²) in [4.78, 5) is 74.9. The molecule has 1 amide bonds. The van der Waals surface area contributed by atoms with Gasteiger partial charge in [-0.1, -0.05) is 119 Å². The number of carbonyl (C=O) groups is 5. The molecular weight excluding hydrogens is 1010 g/mol. The Morgan fingerprint density at radius 1 is 0.868 bits per heavy atom. The van der Waals surface area contributed by atoms with Gasteiger partial charge in [-0.3, -0.25) is 19.2 Å². The lowest BCUT2D eigenvalue weighted by molar-refractivity contribution is -0.346. The van der Waals surface area contributed by atoms with Crippen molar-refractivity contribution < 1.29 is 61.3 Å². The maximum atomic E-state index is 17.1. The summed E-state index contributed by atoms with van der Waals surface area (Å²) in [6.45, 7) is 39.1. The average molecular weight is 1110 g/mol. The zero-order valence-corrected chi connectivity index (χ0v) is 52.1. The van der Waals surface area contributed by atoms with Crippen molar-refractivity contribution in [1.29, 1.82) is 0 Å². The summed E-state index contributed by atoms with van der Waals surface area (Å²) in [6, 6.07) is 12.5. The molecule has 2 N–H and O–H groups in total. The van der Waals surface area contributed by atoms with E-state index in [1.54, 1.807) is 12.2 Å². The van der Waals surface area contributed by atoms with Crippen molar-refractivity contribution in [3.63, 3.8) is 0 Å². The maximum absolute atomic E-state index is 17.1. The number of aliphatic hydroxyl groups is 1. The van der Waals surface area contributed by atoms with E-state index in [1.807, 2.05) is 71.1 Å². The predicted octanol–water partition coefficient (Wildman–Crippen LogP) is 11.6. The predicted molar refractivity (Wildman–Crippen MR) is 304 cm³/mol. The highest BCUT2D eigenvalue weighted by Gasteiger charge is 2.79. The topological polar surface area (TPSA) is 182 Å². The molecular formula is C59H95NO13Si3. The summed E-state index contributed by atoms with van der Waals surface area (Å²) in [5.41, 5.74) is -5.26. The number of Topliss-reactive ketones (excluding diaryl/α,β-unsaturated/α-hetero) is 1. The van der Waals surface area contributed by atoms with E-state index in [2.05, 4.69) is 80.8 Å². The first-order chi connectivity index (χ1) is 35.5. The lowest BCUT2D eigenvalue weighted by atomic mass is 9.44. The summed E-state index contributed by atoms with van der Waals surface area (Å²) in [7, 11) is -8.24. The number of ketones is 1. The van der Waals surface area contributed by atoms with E-state index in [9.17, 15) is 19.5 Å². The molecule has 426 valence electrons. The zero-order valence-electron chi connectivity index (χ0n) is 49.1. The molecule has 1 aromatic rings. The van der Waals surface area contributed by atoms with Crippen molar-refractivity contribution in [2.45, 2.75) is 244 Å². The number of hydrogen-bond acceptors (Lipinski definition) is 13. The Kier molecular flexibility index (Phi) is 20.3. The molecule has 3 aliphatic carbocycles. The Hall–Kier alpha value is -3.56. The summed E-state index contributed by atoms with van der Waals surface area (Å²) in [5.74, 6) is -4.00. The fourth-order valence-electron chi connectivity index (χ4n) is 12.6. The Balaban J connectivity index is 1.91. The highest BCUT2D eigenvalue weighted by atomic mass is 28.4. The minimum absolute atomic E-state index is 0.0960. The second-order valence-electron chi connectivity index (χ2n) is 24.4. The standard InChI is InChI=1S/C59H95NO13Si3/c1-19-27-34-45(62)60-48(41-32-30-29-31-33-41)50(72-74(17,18)55(11,12)13)54(65)68-42-37-59(66)53(69-46(63)35-28-20-2)51-57(16,52(64)49(47(39(42)9)56(59,14)15)73-76(24-6,25-7)26-8)43(71-75(21-3,22-4)23-5)36-44-58(51,38-67-44)70-40(10)61/h19-20,29-33,42-44,48-51,53,66H,1-2,21-28,34-38H2,3-18H3,(H,60,62)/t42-,43-,44+,48-,49+,50+,51-,53-,57+,58-,59+/m0/s1. The van der Waals surface area contributed by atoms with Crippen molar-refractivity contribution in [1.82, 2.24) is 5.32 Å². The van der Waals surface area contributed by atoms with E-state index in [0.717, 1.165) is 18.1 Å². The molecule has 0 radical (unpaired) electrons. The highest BCUT2D eigenvalue weighted by molar-refractivity contribution is 6.74. The molecule has 76 heavy (non-hydrogen) atoms. The lowest BCUT2D eigenvalue weighted by Gasteiger charge is -2.68. The molecule has 1 aromatic carbocycles.